The third-order valence-corrected chi connectivity index (χ3v) is 3.28. The van der Waals surface area contributed by atoms with Crippen LogP contribution in [-0.4, -0.2) is 4.98 Å². The van der Waals surface area contributed by atoms with Crippen molar-refractivity contribution in [3.63, 3.8) is 0 Å². The quantitative estimate of drug-likeness (QED) is 0.612. The van der Waals surface area contributed by atoms with Gasteiger partial charge in [0.15, 0.2) is 0 Å². The number of H-pyrrole nitrogens is 1. The molecule has 0 fully saturated rings. The van der Waals surface area contributed by atoms with Crippen LogP contribution in [0.25, 0.3) is 10.9 Å². The van der Waals surface area contributed by atoms with E-state index in [-0.39, 0.29) is 0 Å². The van der Waals surface area contributed by atoms with Crippen LogP contribution in [0.4, 0.5) is 0 Å². The molecule has 1 heterocycles. The van der Waals surface area contributed by atoms with E-state index in [1.807, 2.05) is 0 Å². The summed E-state index contributed by atoms with van der Waals surface area (Å²) < 4.78 is 0. The van der Waals surface area contributed by atoms with Crippen molar-refractivity contribution in [1.29, 1.82) is 0 Å². The van der Waals surface area contributed by atoms with Crippen molar-refractivity contribution >= 4 is 10.9 Å². The molecule has 1 N–H and O–H groups in total. The molecule has 0 aliphatic heterocycles. The van der Waals surface area contributed by atoms with E-state index in [9.17, 15) is 0 Å². The molecule has 0 amide bonds. The van der Waals surface area contributed by atoms with Gasteiger partial charge < -0.3 is 4.98 Å². The summed E-state index contributed by atoms with van der Waals surface area (Å²) in [7, 11) is 0. The molecule has 0 aliphatic carbocycles. The van der Waals surface area contributed by atoms with Gasteiger partial charge in [-0.3, -0.25) is 0 Å². The molecule has 0 unspecified atom stereocenters. The highest BCUT2D eigenvalue weighted by atomic mass is 14.7. The van der Waals surface area contributed by atoms with E-state index >= 15 is 0 Å². The summed E-state index contributed by atoms with van der Waals surface area (Å²) in [5.41, 5.74) is 3.97. The van der Waals surface area contributed by atoms with Gasteiger partial charge in [-0.15, -0.1) is 0 Å². The summed E-state index contributed by atoms with van der Waals surface area (Å²) >= 11 is 0. The van der Waals surface area contributed by atoms with Crippen LogP contribution in [0.3, 0.4) is 0 Å². The molecule has 3 rings (SSSR count). The average molecular weight is 208 g/mol. The Morgan fingerprint density at radius 2 is 2.00 bits per heavy atom. The standard InChI is InChI=1S/C15H14N/c1-11(12-6-2-3-7-12)14-10-16-15-9-5-4-8-13(14)15/h2-11,16H,1H3/q-1/t11-/m1/s1. The van der Waals surface area contributed by atoms with Gasteiger partial charge in [0.1, 0.15) is 0 Å². The Hall–Kier alpha value is -1.89. The normalized spacial score (nSPS) is 13.1. The lowest BCUT2D eigenvalue weighted by Gasteiger charge is -2.12. The maximum atomic E-state index is 3.33. The molecule has 1 heteroatoms. The van der Waals surface area contributed by atoms with Crippen molar-refractivity contribution in [3.8, 4) is 0 Å². The first-order chi connectivity index (χ1) is 7.86. The zero-order valence-corrected chi connectivity index (χ0v) is 9.27. The first-order valence-corrected chi connectivity index (χ1v) is 5.64. The van der Waals surface area contributed by atoms with Gasteiger partial charge in [0.25, 0.3) is 0 Å². The maximum Gasteiger partial charge on any atom is 0.0457 e. The van der Waals surface area contributed by atoms with Crippen LogP contribution in [0.5, 0.6) is 0 Å². The minimum absolute atomic E-state index is 0.450. The van der Waals surface area contributed by atoms with Crippen LogP contribution in [0, 0.1) is 0 Å². The van der Waals surface area contributed by atoms with Gasteiger partial charge in [-0.1, -0.05) is 25.1 Å². The average Bonchev–Trinajstić information content (AvgIpc) is 2.98. The number of para-hydroxylation sites is 1. The van der Waals surface area contributed by atoms with Crippen LogP contribution in [-0.2, 0) is 0 Å². The van der Waals surface area contributed by atoms with Gasteiger partial charge in [0.2, 0.25) is 0 Å². The van der Waals surface area contributed by atoms with Gasteiger partial charge in [-0.05, 0) is 17.5 Å². The van der Waals surface area contributed by atoms with E-state index in [2.05, 4.69) is 66.6 Å². The van der Waals surface area contributed by atoms with Gasteiger partial charge in [-0.25, -0.2) is 12.1 Å². The Kier molecular flexibility index (Phi) is 2.10. The predicted molar refractivity (Wildman–Crippen MR) is 67.9 cm³/mol. The van der Waals surface area contributed by atoms with Crippen molar-refractivity contribution in [3.05, 3.63) is 65.9 Å². The molecule has 0 bridgehead atoms. The summed E-state index contributed by atoms with van der Waals surface area (Å²) in [5.74, 6) is 0.450. The van der Waals surface area contributed by atoms with Gasteiger partial charge in [0.05, 0.1) is 0 Å². The Bertz CT molecular complexity index is 587. The molecular formula is C15H14N-. The van der Waals surface area contributed by atoms with Crippen LogP contribution < -0.4 is 0 Å². The van der Waals surface area contributed by atoms with E-state index < -0.39 is 0 Å². The summed E-state index contributed by atoms with van der Waals surface area (Å²) in [6, 6.07) is 17.0. The molecule has 80 valence electrons. The topological polar surface area (TPSA) is 15.8 Å². The Morgan fingerprint density at radius 3 is 2.81 bits per heavy atom. The Balaban J connectivity index is 2.12. The SMILES string of the molecule is C[C@H](c1ccc[cH-]1)c1c[nH]c2ccccc12. The molecule has 0 spiro atoms. The fourth-order valence-electron chi connectivity index (χ4n) is 2.31. The molecule has 0 saturated carbocycles. The number of rotatable bonds is 2. The third kappa shape index (κ3) is 1.36. The molecular weight excluding hydrogens is 194 g/mol. The third-order valence-electron chi connectivity index (χ3n) is 3.28. The molecule has 0 radical (unpaired) electrons. The molecule has 1 nitrogen and oxygen atoms in total. The lowest BCUT2D eigenvalue weighted by atomic mass is 9.95. The molecule has 1 aromatic heterocycles. The lowest BCUT2D eigenvalue weighted by Crippen LogP contribution is -1.92. The van der Waals surface area contributed by atoms with E-state index in [0.29, 0.717) is 5.92 Å². The second-order valence-corrected chi connectivity index (χ2v) is 4.23. The molecule has 1 atom stereocenters. The van der Waals surface area contributed by atoms with Crippen molar-refractivity contribution in [2.24, 2.45) is 0 Å². The van der Waals surface area contributed by atoms with Gasteiger partial charge in [0, 0.05) is 17.1 Å². The fraction of sp³-hybridized carbons (Fsp3) is 0.133. The first kappa shape index (κ1) is 9.34. The lowest BCUT2D eigenvalue weighted by molar-refractivity contribution is 0.937. The van der Waals surface area contributed by atoms with E-state index in [1.54, 1.807) is 0 Å². The number of hydrogen-bond acceptors (Lipinski definition) is 0. The molecule has 16 heavy (non-hydrogen) atoms. The minimum Gasteiger partial charge on any atom is -0.361 e. The van der Waals surface area contributed by atoms with E-state index in [1.165, 1.54) is 22.0 Å². The number of benzene rings is 1. The number of aromatic amines is 1. The maximum absolute atomic E-state index is 3.33. The predicted octanol–water partition coefficient (Wildman–Crippen LogP) is 4.04. The van der Waals surface area contributed by atoms with Crippen LogP contribution in [0.2, 0.25) is 0 Å². The van der Waals surface area contributed by atoms with Gasteiger partial charge in [-0.2, -0.15) is 17.7 Å². The van der Waals surface area contributed by atoms with Crippen molar-refractivity contribution < 1.29 is 0 Å². The van der Waals surface area contributed by atoms with Crippen molar-refractivity contribution in [2.75, 3.05) is 0 Å². The van der Waals surface area contributed by atoms with Crippen molar-refractivity contribution in [1.82, 2.24) is 4.98 Å². The monoisotopic (exact) mass is 208 g/mol. The molecule has 0 saturated heterocycles. The summed E-state index contributed by atoms with van der Waals surface area (Å²) in [5, 5.41) is 1.33. The first-order valence-electron chi connectivity index (χ1n) is 5.64. The fourth-order valence-corrected chi connectivity index (χ4v) is 2.31. The van der Waals surface area contributed by atoms with Crippen LogP contribution in [0.15, 0.2) is 54.7 Å². The Labute approximate surface area is 95.1 Å². The van der Waals surface area contributed by atoms with Gasteiger partial charge >= 0.3 is 0 Å². The van der Waals surface area contributed by atoms with E-state index in [4.69, 9.17) is 0 Å². The molecule has 0 aliphatic rings. The number of aromatic nitrogens is 1. The number of hydrogen-bond donors (Lipinski definition) is 1. The smallest absolute Gasteiger partial charge is 0.0457 e. The largest absolute Gasteiger partial charge is 0.361 e. The molecule has 3 aromatic rings. The summed E-state index contributed by atoms with van der Waals surface area (Å²) in [6.07, 6.45) is 2.13. The second-order valence-electron chi connectivity index (χ2n) is 4.23. The molecule has 2 aromatic carbocycles. The second kappa shape index (κ2) is 3.60. The van der Waals surface area contributed by atoms with Crippen molar-refractivity contribution in [2.45, 2.75) is 12.8 Å². The highest BCUT2D eigenvalue weighted by Crippen LogP contribution is 2.30. The highest BCUT2D eigenvalue weighted by Gasteiger charge is 2.09. The number of fused-ring (bicyclic) bond motifs is 1. The zero-order chi connectivity index (χ0) is 11.0. The van der Waals surface area contributed by atoms with Crippen LogP contribution in [0.1, 0.15) is 24.0 Å². The zero-order valence-electron chi connectivity index (χ0n) is 9.27. The summed E-state index contributed by atoms with van der Waals surface area (Å²) in [6.45, 7) is 2.25. The van der Waals surface area contributed by atoms with Crippen LogP contribution >= 0.6 is 0 Å². The Morgan fingerprint density at radius 1 is 1.12 bits per heavy atom. The summed E-state index contributed by atoms with van der Waals surface area (Å²) in [4.78, 5) is 3.33. The van der Waals surface area contributed by atoms with E-state index in [0.717, 1.165) is 0 Å². The number of nitrogens with one attached hydrogen (secondary N) is 1. The highest BCUT2D eigenvalue weighted by molar-refractivity contribution is 5.84. The minimum atomic E-state index is 0.450.